The fourth-order valence-electron chi connectivity index (χ4n) is 4.66. The maximum absolute atomic E-state index is 12.1. The first kappa shape index (κ1) is 22.2. The van der Waals surface area contributed by atoms with Crippen molar-refractivity contribution in [2.24, 2.45) is 11.0 Å². The predicted molar refractivity (Wildman–Crippen MR) is 124 cm³/mol. The number of halogens is 1. The minimum atomic E-state index is -0.372. The van der Waals surface area contributed by atoms with Crippen molar-refractivity contribution in [1.29, 1.82) is 5.26 Å². The molecule has 6 nitrogen and oxygen atoms in total. The molecule has 1 atom stereocenters. The van der Waals surface area contributed by atoms with E-state index in [-0.39, 0.29) is 12.0 Å². The van der Waals surface area contributed by atoms with E-state index in [2.05, 4.69) is 11.1 Å². The number of carbonyl (C=O) groups excluding carboxylic acids is 1. The molecule has 0 saturated heterocycles. The first-order valence-corrected chi connectivity index (χ1v) is 11.4. The molecule has 4 rings (SSSR count). The van der Waals surface area contributed by atoms with Gasteiger partial charge >= 0.3 is 5.97 Å². The van der Waals surface area contributed by atoms with E-state index in [0.717, 1.165) is 23.4 Å². The largest absolute Gasteiger partial charge is 0.496 e. The number of nitriles is 1. The van der Waals surface area contributed by atoms with Gasteiger partial charge in [-0.05, 0) is 62.1 Å². The molecule has 2 aromatic carbocycles. The second-order valence-corrected chi connectivity index (χ2v) is 8.53. The minimum absolute atomic E-state index is 0.214. The number of carbonyl (C=O) groups is 1. The van der Waals surface area contributed by atoms with Gasteiger partial charge < -0.3 is 9.47 Å². The van der Waals surface area contributed by atoms with Crippen molar-refractivity contribution in [3.05, 3.63) is 58.1 Å². The van der Waals surface area contributed by atoms with Gasteiger partial charge in [-0.2, -0.15) is 10.4 Å². The molecule has 0 spiro atoms. The summed E-state index contributed by atoms with van der Waals surface area (Å²) in [5.74, 6) is 0.762. The summed E-state index contributed by atoms with van der Waals surface area (Å²) < 4.78 is 10.7. The first-order valence-electron chi connectivity index (χ1n) is 11.0. The molecule has 2 aliphatic rings. The smallest absolute Gasteiger partial charge is 0.338 e. The Hall–Kier alpha value is -3.04. The molecule has 1 heterocycles. The highest BCUT2D eigenvalue weighted by molar-refractivity contribution is 6.32. The van der Waals surface area contributed by atoms with Gasteiger partial charge in [0, 0.05) is 12.0 Å². The highest BCUT2D eigenvalue weighted by Crippen LogP contribution is 2.40. The van der Waals surface area contributed by atoms with Crippen LogP contribution in [-0.4, -0.2) is 31.4 Å². The lowest BCUT2D eigenvalue weighted by Gasteiger charge is -2.28. The molecule has 0 aromatic heterocycles. The standard InChI is InChI=1S/C25H26ClN3O3/c1-3-32-25(30)17-9-11-20(24(12-17)31-2)22-14-23(16-6-4-5-7-16)29(28-22)19-10-8-18(15-27)21(26)13-19/h8-13,16,23H,3-7,14H2,1-2H3. The topological polar surface area (TPSA) is 74.9 Å². The van der Waals surface area contributed by atoms with Crippen LogP contribution >= 0.6 is 11.6 Å². The van der Waals surface area contributed by atoms with Crippen LogP contribution in [0.25, 0.3) is 0 Å². The number of anilines is 1. The zero-order chi connectivity index (χ0) is 22.7. The van der Waals surface area contributed by atoms with Crippen LogP contribution in [0.1, 0.15) is 60.5 Å². The molecular weight excluding hydrogens is 426 g/mol. The van der Waals surface area contributed by atoms with Crippen LogP contribution < -0.4 is 9.75 Å². The Bertz CT molecular complexity index is 1090. The van der Waals surface area contributed by atoms with E-state index in [1.54, 1.807) is 32.2 Å². The molecule has 166 valence electrons. The van der Waals surface area contributed by atoms with Gasteiger partial charge in [-0.15, -0.1) is 0 Å². The molecule has 0 bridgehead atoms. The lowest BCUT2D eigenvalue weighted by Crippen LogP contribution is -2.32. The molecule has 0 N–H and O–H groups in total. The van der Waals surface area contributed by atoms with Crippen molar-refractivity contribution < 1.29 is 14.3 Å². The maximum atomic E-state index is 12.1. The number of ether oxygens (including phenoxy) is 2. The van der Waals surface area contributed by atoms with Gasteiger partial charge in [-0.25, -0.2) is 4.79 Å². The summed E-state index contributed by atoms with van der Waals surface area (Å²) in [7, 11) is 1.59. The van der Waals surface area contributed by atoms with Crippen LogP contribution in [0, 0.1) is 17.2 Å². The lowest BCUT2D eigenvalue weighted by molar-refractivity contribution is 0.0526. The minimum Gasteiger partial charge on any atom is -0.496 e. The third kappa shape index (κ3) is 4.31. The number of nitrogens with zero attached hydrogens (tertiary/aromatic N) is 3. The molecule has 32 heavy (non-hydrogen) atoms. The Morgan fingerprint density at radius 1 is 1.25 bits per heavy atom. The quantitative estimate of drug-likeness (QED) is 0.536. The molecule has 0 radical (unpaired) electrons. The Labute approximate surface area is 193 Å². The Balaban J connectivity index is 1.71. The summed E-state index contributed by atoms with van der Waals surface area (Å²) in [6, 6.07) is 13.1. The molecule has 2 aromatic rings. The third-order valence-corrected chi connectivity index (χ3v) is 6.56. The van der Waals surface area contributed by atoms with Crippen molar-refractivity contribution in [3.8, 4) is 11.8 Å². The Kier molecular flexibility index (Phi) is 6.66. The van der Waals surface area contributed by atoms with Crippen molar-refractivity contribution in [3.63, 3.8) is 0 Å². The number of hydrazone groups is 1. The Morgan fingerprint density at radius 3 is 2.69 bits per heavy atom. The lowest BCUT2D eigenvalue weighted by atomic mass is 9.91. The van der Waals surface area contributed by atoms with Crippen LogP contribution in [0.3, 0.4) is 0 Å². The summed E-state index contributed by atoms with van der Waals surface area (Å²) in [5.41, 5.74) is 3.56. The second kappa shape index (κ2) is 9.62. The maximum Gasteiger partial charge on any atom is 0.338 e. The van der Waals surface area contributed by atoms with E-state index in [9.17, 15) is 10.1 Å². The Morgan fingerprint density at radius 2 is 2.03 bits per heavy atom. The van der Waals surface area contributed by atoms with Crippen LogP contribution in [-0.2, 0) is 4.74 Å². The van der Waals surface area contributed by atoms with E-state index in [0.29, 0.717) is 34.4 Å². The van der Waals surface area contributed by atoms with E-state index >= 15 is 0 Å². The zero-order valence-corrected chi connectivity index (χ0v) is 19.1. The van der Waals surface area contributed by atoms with E-state index in [1.807, 2.05) is 18.2 Å². The number of benzene rings is 2. The summed E-state index contributed by atoms with van der Waals surface area (Å²) in [6.07, 6.45) is 5.59. The number of hydrogen-bond donors (Lipinski definition) is 0. The van der Waals surface area contributed by atoms with E-state index in [1.165, 1.54) is 25.7 Å². The third-order valence-electron chi connectivity index (χ3n) is 6.25. The van der Waals surface area contributed by atoms with Gasteiger partial charge in [0.15, 0.2) is 0 Å². The van der Waals surface area contributed by atoms with Crippen LogP contribution in [0.5, 0.6) is 5.75 Å². The van der Waals surface area contributed by atoms with Gasteiger partial charge in [0.05, 0.1) is 47.3 Å². The zero-order valence-electron chi connectivity index (χ0n) is 18.3. The SMILES string of the molecule is CCOC(=O)c1ccc(C2=NN(c3ccc(C#N)c(Cl)c3)C(C3CCCC3)C2)c(OC)c1. The van der Waals surface area contributed by atoms with Crippen molar-refractivity contribution in [1.82, 2.24) is 0 Å². The summed E-state index contributed by atoms with van der Waals surface area (Å²) in [6.45, 7) is 2.10. The molecule has 0 amide bonds. The summed E-state index contributed by atoms with van der Waals surface area (Å²) >= 11 is 6.33. The van der Waals surface area contributed by atoms with Crippen LogP contribution in [0.2, 0.25) is 5.02 Å². The van der Waals surface area contributed by atoms with Gasteiger partial charge in [0.25, 0.3) is 0 Å². The summed E-state index contributed by atoms with van der Waals surface area (Å²) in [4.78, 5) is 12.1. The molecular formula is C25H26ClN3O3. The monoisotopic (exact) mass is 451 g/mol. The molecule has 1 unspecified atom stereocenters. The molecule has 1 aliphatic carbocycles. The molecule has 1 aliphatic heterocycles. The first-order chi connectivity index (χ1) is 15.5. The second-order valence-electron chi connectivity index (χ2n) is 8.12. The fourth-order valence-corrected chi connectivity index (χ4v) is 4.88. The average Bonchev–Trinajstić information content (AvgIpc) is 3.48. The summed E-state index contributed by atoms with van der Waals surface area (Å²) in [5, 5.41) is 16.7. The fraction of sp³-hybridized carbons (Fsp3) is 0.400. The van der Waals surface area contributed by atoms with E-state index in [4.69, 9.17) is 26.2 Å². The predicted octanol–water partition coefficient (Wildman–Crippen LogP) is 5.57. The van der Waals surface area contributed by atoms with E-state index < -0.39 is 0 Å². The number of hydrogen-bond acceptors (Lipinski definition) is 6. The van der Waals surface area contributed by atoms with Crippen LogP contribution in [0.15, 0.2) is 41.5 Å². The number of methoxy groups -OCH3 is 1. The van der Waals surface area contributed by atoms with Crippen molar-refractivity contribution in [2.75, 3.05) is 18.7 Å². The van der Waals surface area contributed by atoms with Gasteiger partial charge in [-0.3, -0.25) is 5.01 Å². The highest BCUT2D eigenvalue weighted by atomic mass is 35.5. The average molecular weight is 452 g/mol. The number of esters is 1. The molecule has 1 fully saturated rings. The van der Waals surface area contributed by atoms with Gasteiger partial charge in [-0.1, -0.05) is 24.4 Å². The van der Waals surface area contributed by atoms with Gasteiger partial charge in [0.2, 0.25) is 0 Å². The van der Waals surface area contributed by atoms with Crippen molar-refractivity contribution in [2.45, 2.75) is 45.1 Å². The van der Waals surface area contributed by atoms with Crippen LogP contribution in [0.4, 0.5) is 5.69 Å². The van der Waals surface area contributed by atoms with Gasteiger partial charge in [0.1, 0.15) is 11.8 Å². The van der Waals surface area contributed by atoms with Crippen molar-refractivity contribution >= 4 is 29.0 Å². The number of rotatable bonds is 6. The highest BCUT2D eigenvalue weighted by Gasteiger charge is 2.37. The molecule has 1 saturated carbocycles. The molecule has 7 heteroatoms. The normalized spacial score (nSPS) is 18.4.